The molecule has 1 saturated heterocycles. The molecule has 0 amide bonds. The molecule has 10 heavy (non-hydrogen) atoms. The number of halogens is 1. The second kappa shape index (κ2) is 2.68. The Balaban J connectivity index is 2.45. The van der Waals surface area contributed by atoms with E-state index in [4.69, 9.17) is 5.21 Å². The van der Waals surface area contributed by atoms with Crippen molar-refractivity contribution >= 4 is 0 Å². The molecule has 0 aromatic carbocycles. The van der Waals surface area contributed by atoms with Crippen molar-refractivity contribution in [3.63, 3.8) is 0 Å². The summed E-state index contributed by atoms with van der Waals surface area (Å²) in [5.74, 6) is 0. The lowest BCUT2D eigenvalue weighted by molar-refractivity contribution is -0.0795. The summed E-state index contributed by atoms with van der Waals surface area (Å²) in [4.78, 5) is 0. The van der Waals surface area contributed by atoms with Crippen LogP contribution in [0.2, 0.25) is 0 Å². The Kier molecular flexibility index (Phi) is 2.06. The lowest BCUT2D eigenvalue weighted by Crippen LogP contribution is -2.26. The summed E-state index contributed by atoms with van der Waals surface area (Å²) >= 11 is 0. The fourth-order valence-electron chi connectivity index (χ4n) is 1.24. The summed E-state index contributed by atoms with van der Waals surface area (Å²) in [5.41, 5.74) is -1.23. The van der Waals surface area contributed by atoms with Crippen molar-refractivity contribution in [3.8, 4) is 0 Å². The molecule has 0 aromatic rings. The second-order valence-electron chi connectivity index (χ2n) is 2.78. The first-order chi connectivity index (χ1) is 4.66. The van der Waals surface area contributed by atoms with E-state index < -0.39 is 5.67 Å². The zero-order chi connectivity index (χ0) is 7.61. The van der Waals surface area contributed by atoms with Crippen molar-refractivity contribution in [2.24, 2.45) is 0 Å². The van der Waals surface area contributed by atoms with Gasteiger partial charge in [0.25, 0.3) is 0 Å². The predicted molar refractivity (Wildman–Crippen MR) is 36.6 cm³/mol. The number of allylic oxidation sites excluding steroid dienone is 1. The molecule has 0 unspecified atom stereocenters. The van der Waals surface area contributed by atoms with Crippen molar-refractivity contribution in [3.05, 3.63) is 12.7 Å². The van der Waals surface area contributed by atoms with Gasteiger partial charge in [-0.2, -0.15) is 5.06 Å². The van der Waals surface area contributed by atoms with Gasteiger partial charge >= 0.3 is 0 Å². The quantitative estimate of drug-likeness (QED) is 0.593. The smallest absolute Gasteiger partial charge is 0.130 e. The zero-order valence-corrected chi connectivity index (χ0v) is 5.89. The first-order valence-corrected chi connectivity index (χ1v) is 3.40. The summed E-state index contributed by atoms with van der Waals surface area (Å²) in [6, 6.07) is 0. The molecule has 3 heteroatoms. The van der Waals surface area contributed by atoms with E-state index in [2.05, 4.69) is 6.58 Å². The topological polar surface area (TPSA) is 23.5 Å². The Morgan fingerprint density at radius 2 is 2.50 bits per heavy atom. The van der Waals surface area contributed by atoms with Gasteiger partial charge in [0.05, 0.1) is 6.54 Å². The predicted octanol–water partition coefficient (Wildman–Crippen LogP) is 1.37. The number of hydroxylamine groups is 2. The summed E-state index contributed by atoms with van der Waals surface area (Å²) in [6.45, 7) is 4.01. The van der Waals surface area contributed by atoms with Gasteiger partial charge in [-0.3, -0.25) is 0 Å². The van der Waals surface area contributed by atoms with Crippen LogP contribution in [0, 0.1) is 0 Å². The van der Waals surface area contributed by atoms with Crippen LogP contribution >= 0.6 is 0 Å². The van der Waals surface area contributed by atoms with E-state index in [1.165, 1.54) is 0 Å². The Morgan fingerprint density at radius 1 is 1.80 bits per heavy atom. The molecular formula is C7H12FNO. The van der Waals surface area contributed by atoms with E-state index in [1.807, 2.05) is 0 Å². The normalized spacial score (nSPS) is 34.6. The van der Waals surface area contributed by atoms with E-state index in [0.717, 1.165) is 5.06 Å². The third-order valence-electron chi connectivity index (χ3n) is 1.79. The molecule has 1 aliphatic rings. The molecule has 0 bridgehead atoms. The minimum atomic E-state index is -1.23. The van der Waals surface area contributed by atoms with Crippen LogP contribution in [0.1, 0.15) is 12.8 Å². The average Bonchev–Trinajstić information content (AvgIpc) is 2.12. The Morgan fingerprint density at radius 3 is 2.90 bits per heavy atom. The van der Waals surface area contributed by atoms with Gasteiger partial charge in [-0.1, -0.05) is 6.08 Å². The maximum atomic E-state index is 13.3. The Labute approximate surface area is 59.9 Å². The van der Waals surface area contributed by atoms with Crippen molar-refractivity contribution in [2.45, 2.75) is 18.5 Å². The van der Waals surface area contributed by atoms with Crippen LogP contribution in [-0.4, -0.2) is 29.0 Å². The summed E-state index contributed by atoms with van der Waals surface area (Å²) in [5, 5.41) is 9.87. The van der Waals surface area contributed by atoms with Crippen LogP contribution in [0.3, 0.4) is 0 Å². The Bertz CT molecular complexity index is 140. The van der Waals surface area contributed by atoms with E-state index in [-0.39, 0.29) is 6.54 Å². The van der Waals surface area contributed by atoms with E-state index in [1.54, 1.807) is 6.08 Å². The highest BCUT2D eigenvalue weighted by molar-refractivity contribution is 4.92. The molecule has 0 radical (unpaired) electrons. The summed E-state index contributed by atoms with van der Waals surface area (Å²) < 4.78 is 13.3. The van der Waals surface area contributed by atoms with Gasteiger partial charge in [0, 0.05) is 13.0 Å². The fraction of sp³-hybridized carbons (Fsp3) is 0.714. The first kappa shape index (κ1) is 7.69. The zero-order valence-electron chi connectivity index (χ0n) is 5.89. The van der Waals surface area contributed by atoms with Crippen LogP contribution < -0.4 is 0 Å². The highest BCUT2D eigenvalue weighted by atomic mass is 19.1. The standard InChI is InChI=1S/C7H12FNO/c1-2-3-7(8)4-5-9(10)6-7/h2,10H,1,3-6H2/t7-/m0/s1. The molecule has 0 aromatic heterocycles. The van der Waals surface area contributed by atoms with Gasteiger partial charge in [-0.05, 0) is 6.42 Å². The van der Waals surface area contributed by atoms with Gasteiger partial charge in [0.1, 0.15) is 5.67 Å². The molecule has 2 nitrogen and oxygen atoms in total. The third kappa shape index (κ3) is 1.55. The van der Waals surface area contributed by atoms with E-state index in [9.17, 15) is 4.39 Å². The van der Waals surface area contributed by atoms with Crippen molar-refractivity contribution in [1.82, 2.24) is 5.06 Å². The SMILES string of the molecule is C=CC[C@]1(F)CCN(O)C1. The number of nitrogens with zero attached hydrogens (tertiary/aromatic N) is 1. The van der Waals surface area contributed by atoms with Crippen LogP contribution in [-0.2, 0) is 0 Å². The van der Waals surface area contributed by atoms with Gasteiger partial charge in [0.15, 0.2) is 0 Å². The number of hydrogen-bond acceptors (Lipinski definition) is 2. The lowest BCUT2D eigenvalue weighted by Gasteiger charge is -2.15. The van der Waals surface area contributed by atoms with Crippen LogP contribution in [0.5, 0.6) is 0 Å². The number of alkyl halides is 1. The molecule has 0 aliphatic carbocycles. The summed E-state index contributed by atoms with van der Waals surface area (Å²) in [6.07, 6.45) is 2.30. The second-order valence-corrected chi connectivity index (χ2v) is 2.78. The number of rotatable bonds is 2. The monoisotopic (exact) mass is 145 g/mol. The van der Waals surface area contributed by atoms with Crippen molar-refractivity contribution < 1.29 is 9.60 Å². The molecule has 1 N–H and O–H groups in total. The fourth-order valence-corrected chi connectivity index (χ4v) is 1.24. The molecule has 1 rings (SSSR count). The maximum Gasteiger partial charge on any atom is 0.130 e. The van der Waals surface area contributed by atoms with Gasteiger partial charge in [0.2, 0.25) is 0 Å². The molecule has 1 atom stereocenters. The van der Waals surface area contributed by atoms with Crippen LogP contribution in [0.25, 0.3) is 0 Å². The largest absolute Gasteiger partial charge is 0.314 e. The molecule has 1 fully saturated rings. The molecular weight excluding hydrogens is 133 g/mol. The van der Waals surface area contributed by atoms with Gasteiger partial charge in [-0.25, -0.2) is 4.39 Å². The van der Waals surface area contributed by atoms with Crippen LogP contribution in [0.4, 0.5) is 4.39 Å². The maximum absolute atomic E-state index is 13.3. The minimum absolute atomic E-state index is 0.124. The van der Waals surface area contributed by atoms with Crippen molar-refractivity contribution in [1.29, 1.82) is 0 Å². The number of hydrogen-bond donors (Lipinski definition) is 1. The van der Waals surface area contributed by atoms with Crippen molar-refractivity contribution in [2.75, 3.05) is 13.1 Å². The molecule has 1 aliphatic heterocycles. The highest BCUT2D eigenvalue weighted by Gasteiger charge is 2.36. The average molecular weight is 145 g/mol. The van der Waals surface area contributed by atoms with Crippen LogP contribution in [0.15, 0.2) is 12.7 Å². The molecule has 0 saturated carbocycles. The van der Waals surface area contributed by atoms with E-state index in [0.29, 0.717) is 19.4 Å². The van der Waals surface area contributed by atoms with Gasteiger partial charge < -0.3 is 5.21 Å². The lowest BCUT2D eigenvalue weighted by atomic mass is 10.0. The Hall–Kier alpha value is -0.410. The first-order valence-electron chi connectivity index (χ1n) is 3.40. The molecule has 0 spiro atoms. The van der Waals surface area contributed by atoms with E-state index >= 15 is 0 Å². The minimum Gasteiger partial charge on any atom is -0.314 e. The van der Waals surface area contributed by atoms with Gasteiger partial charge in [-0.15, -0.1) is 6.58 Å². The third-order valence-corrected chi connectivity index (χ3v) is 1.79. The molecule has 58 valence electrons. The highest BCUT2D eigenvalue weighted by Crippen LogP contribution is 2.27. The molecule has 1 heterocycles. The summed E-state index contributed by atoms with van der Waals surface area (Å²) in [7, 11) is 0.